The molecule has 0 bridgehead atoms. The summed E-state index contributed by atoms with van der Waals surface area (Å²) in [5.41, 5.74) is 1.19. The van der Waals surface area contributed by atoms with E-state index in [4.69, 9.17) is 4.74 Å². The fourth-order valence-corrected chi connectivity index (χ4v) is 2.51. The largest absolute Gasteiger partial charge is 0.464 e. The molecule has 0 spiro atoms. The van der Waals surface area contributed by atoms with Crippen LogP contribution in [0.25, 0.3) is 0 Å². The van der Waals surface area contributed by atoms with Crippen LogP contribution in [0.3, 0.4) is 0 Å². The Morgan fingerprint density at radius 1 is 1.65 bits per heavy atom. The van der Waals surface area contributed by atoms with E-state index >= 15 is 0 Å². The Bertz CT molecular complexity index is 546. The van der Waals surface area contributed by atoms with Crippen molar-refractivity contribution in [3.05, 3.63) is 11.3 Å². The summed E-state index contributed by atoms with van der Waals surface area (Å²) in [4.78, 5) is 14.0. The van der Waals surface area contributed by atoms with Gasteiger partial charge in [-0.05, 0) is 13.8 Å². The van der Waals surface area contributed by atoms with Gasteiger partial charge in [0, 0.05) is 26.7 Å². The minimum Gasteiger partial charge on any atom is -0.464 e. The van der Waals surface area contributed by atoms with E-state index in [0.29, 0.717) is 36.8 Å². The van der Waals surface area contributed by atoms with Crippen LogP contribution in [-0.2, 0) is 16.6 Å². The van der Waals surface area contributed by atoms with Crippen molar-refractivity contribution in [3.8, 4) is 6.07 Å². The maximum absolute atomic E-state index is 12.1. The van der Waals surface area contributed by atoms with Crippen LogP contribution >= 0.6 is 0 Å². The molecule has 7 heteroatoms. The van der Waals surface area contributed by atoms with E-state index in [9.17, 15) is 10.1 Å². The Labute approximate surface area is 118 Å². The Kier molecular flexibility index (Phi) is 4.25. The van der Waals surface area contributed by atoms with Gasteiger partial charge in [0.05, 0.1) is 12.3 Å². The summed E-state index contributed by atoms with van der Waals surface area (Å²) in [7, 11) is 1.79. The van der Waals surface area contributed by atoms with Crippen LogP contribution in [0.1, 0.15) is 18.2 Å². The molecule has 1 aliphatic heterocycles. The van der Waals surface area contributed by atoms with Gasteiger partial charge in [0.2, 0.25) is 0 Å². The molecule has 1 atom stereocenters. The van der Waals surface area contributed by atoms with E-state index in [1.165, 1.54) is 0 Å². The third-order valence-corrected chi connectivity index (χ3v) is 3.38. The van der Waals surface area contributed by atoms with Crippen molar-refractivity contribution in [2.45, 2.75) is 19.9 Å². The molecule has 20 heavy (non-hydrogen) atoms. The van der Waals surface area contributed by atoms with Crippen molar-refractivity contribution in [3.63, 3.8) is 0 Å². The van der Waals surface area contributed by atoms with E-state index < -0.39 is 6.04 Å². The first-order valence-electron chi connectivity index (χ1n) is 6.67. The zero-order valence-corrected chi connectivity index (χ0v) is 12.0. The van der Waals surface area contributed by atoms with Crippen LogP contribution in [0.5, 0.6) is 0 Å². The molecular weight excluding hydrogens is 258 g/mol. The lowest BCUT2D eigenvalue weighted by molar-refractivity contribution is -0.144. The van der Waals surface area contributed by atoms with Gasteiger partial charge in [0.1, 0.15) is 23.5 Å². The minimum atomic E-state index is -0.425. The monoisotopic (exact) mass is 277 g/mol. The fourth-order valence-electron chi connectivity index (χ4n) is 2.51. The second-order valence-corrected chi connectivity index (χ2v) is 4.68. The smallest absolute Gasteiger partial charge is 0.330 e. The molecule has 1 aromatic heterocycles. The highest BCUT2D eigenvalue weighted by Gasteiger charge is 2.33. The highest BCUT2D eigenvalue weighted by atomic mass is 16.5. The van der Waals surface area contributed by atoms with Crippen LogP contribution < -0.4 is 10.2 Å². The van der Waals surface area contributed by atoms with Crippen LogP contribution in [0.4, 0.5) is 5.82 Å². The fraction of sp³-hybridized carbons (Fsp3) is 0.615. The first kappa shape index (κ1) is 14.3. The van der Waals surface area contributed by atoms with E-state index in [2.05, 4.69) is 16.5 Å². The molecule has 1 fully saturated rings. The summed E-state index contributed by atoms with van der Waals surface area (Å²) in [6.45, 7) is 5.83. The lowest BCUT2D eigenvalue weighted by Crippen LogP contribution is -2.56. The maximum atomic E-state index is 12.1. The van der Waals surface area contributed by atoms with Crippen molar-refractivity contribution in [1.29, 1.82) is 5.26 Å². The number of carbonyl (C=O) groups excluding carboxylic acids is 1. The number of nitrogens with zero attached hydrogens (tertiary/aromatic N) is 4. The topological polar surface area (TPSA) is 83.2 Å². The molecule has 2 rings (SSSR count). The maximum Gasteiger partial charge on any atom is 0.330 e. The summed E-state index contributed by atoms with van der Waals surface area (Å²) in [5.74, 6) is 0.409. The molecule has 0 aromatic carbocycles. The average molecular weight is 277 g/mol. The second kappa shape index (κ2) is 5.92. The SMILES string of the molecule is CCOC(=O)C1CNCCN1c1c(C#N)c(C)nn1C. The molecule has 1 N–H and O–H groups in total. The highest BCUT2D eigenvalue weighted by molar-refractivity contribution is 5.81. The van der Waals surface area contributed by atoms with Crippen molar-refractivity contribution in [1.82, 2.24) is 15.1 Å². The Balaban J connectivity index is 2.38. The second-order valence-electron chi connectivity index (χ2n) is 4.68. The molecular formula is C13H19N5O2. The Morgan fingerprint density at radius 3 is 3.05 bits per heavy atom. The molecule has 0 amide bonds. The van der Waals surface area contributed by atoms with Crippen molar-refractivity contribution < 1.29 is 9.53 Å². The molecule has 1 aliphatic rings. The van der Waals surface area contributed by atoms with Crippen LogP contribution in [0.15, 0.2) is 0 Å². The van der Waals surface area contributed by atoms with Crippen LogP contribution in [-0.4, -0.2) is 48.0 Å². The number of aromatic nitrogens is 2. The number of piperazine rings is 1. The number of nitrogens with one attached hydrogen (secondary N) is 1. The van der Waals surface area contributed by atoms with Crippen LogP contribution in [0.2, 0.25) is 0 Å². The van der Waals surface area contributed by atoms with Gasteiger partial charge in [-0.15, -0.1) is 0 Å². The zero-order chi connectivity index (χ0) is 14.7. The number of carbonyl (C=O) groups is 1. The van der Waals surface area contributed by atoms with E-state index in [-0.39, 0.29) is 5.97 Å². The number of hydrogen-bond donors (Lipinski definition) is 1. The Morgan fingerprint density at radius 2 is 2.40 bits per heavy atom. The number of aryl methyl sites for hydroxylation is 2. The molecule has 0 radical (unpaired) electrons. The molecule has 0 aliphatic carbocycles. The van der Waals surface area contributed by atoms with Gasteiger partial charge >= 0.3 is 5.97 Å². The third-order valence-electron chi connectivity index (χ3n) is 3.38. The normalized spacial score (nSPS) is 18.7. The van der Waals surface area contributed by atoms with Crippen LogP contribution in [0, 0.1) is 18.3 Å². The van der Waals surface area contributed by atoms with Gasteiger partial charge < -0.3 is 15.0 Å². The summed E-state index contributed by atoms with van der Waals surface area (Å²) in [6.07, 6.45) is 0. The van der Waals surface area contributed by atoms with E-state index in [0.717, 1.165) is 6.54 Å². The summed E-state index contributed by atoms with van der Waals surface area (Å²) in [5, 5.41) is 16.8. The summed E-state index contributed by atoms with van der Waals surface area (Å²) < 4.78 is 6.78. The predicted octanol–water partition coefficient (Wildman–Crippen LogP) is -0.0585. The van der Waals surface area contributed by atoms with E-state index in [1.807, 2.05) is 4.90 Å². The summed E-state index contributed by atoms with van der Waals surface area (Å²) >= 11 is 0. The number of rotatable bonds is 3. The van der Waals surface area contributed by atoms with E-state index in [1.54, 1.807) is 25.6 Å². The molecule has 0 saturated carbocycles. The first-order valence-corrected chi connectivity index (χ1v) is 6.67. The molecule has 1 unspecified atom stereocenters. The molecule has 1 aromatic rings. The lowest BCUT2D eigenvalue weighted by atomic mass is 10.1. The van der Waals surface area contributed by atoms with Gasteiger partial charge in [0.25, 0.3) is 0 Å². The number of hydrogen-bond acceptors (Lipinski definition) is 6. The van der Waals surface area contributed by atoms with Gasteiger partial charge in [-0.2, -0.15) is 10.4 Å². The van der Waals surface area contributed by atoms with Crippen molar-refractivity contribution >= 4 is 11.8 Å². The quantitative estimate of drug-likeness (QED) is 0.779. The Hall–Kier alpha value is -2.07. The zero-order valence-electron chi connectivity index (χ0n) is 12.0. The standard InChI is InChI=1S/C13H19N5O2/c1-4-20-13(19)11-8-15-5-6-18(11)12-10(7-14)9(2)16-17(12)3/h11,15H,4-6,8H2,1-3H3. The molecule has 7 nitrogen and oxygen atoms in total. The lowest BCUT2D eigenvalue weighted by Gasteiger charge is -2.36. The van der Waals surface area contributed by atoms with Crippen molar-refractivity contribution in [2.75, 3.05) is 31.1 Å². The average Bonchev–Trinajstić information content (AvgIpc) is 2.72. The van der Waals surface area contributed by atoms with Gasteiger partial charge in [-0.1, -0.05) is 0 Å². The van der Waals surface area contributed by atoms with Gasteiger partial charge in [-0.3, -0.25) is 4.68 Å². The number of esters is 1. The van der Waals surface area contributed by atoms with Gasteiger partial charge in [-0.25, -0.2) is 4.79 Å². The molecule has 2 heterocycles. The minimum absolute atomic E-state index is 0.276. The molecule has 108 valence electrons. The van der Waals surface area contributed by atoms with Gasteiger partial charge in [0.15, 0.2) is 0 Å². The predicted molar refractivity (Wildman–Crippen MR) is 73.3 cm³/mol. The molecule has 1 saturated heterocycles. The number of anilines is 1. The first-order chi connectivity index (χ1) is 9.60. The summed E-state index contributed by atoms with van der Waals surface area (Å²) in [6, 6.07) is 1.75. The van der Waals surface area contributed by atoms with Crippen molar-refractivity contribution in [2.24, 2.45) is 7.05 Å². The highest BCUT2D eigenvalue weighted by Crippen LogP contribution is 2.25. The third kappa shape index (κ3) is 2.47. The number of nitriles is 1. The number of ether oxygens (including phenoxy) is 1.